The fourth-order valence-corrected chi connectivity index (χ4v) is 2.61. The fourth-order valence-electron chi connectivity index (χ4n) is 2.61. The van der Waals surface area contributed by atoms with Crippen molar-refractivity contribution < 1.29 is 9.84 Å². The van der Waals surface area contributed by atoms with Gasteiger partial charge in [0.15, 0.2) is 0 Å². The van der Waals surface area contributed by atoms with Gasteiger partial charge in [0.25, 0.3) is 0 Å². The van der Waals surface area contributed by atoms with Crippen LogP contribution in [0.4, 0.5) is 0 Å². The maximum Gasteiger partial charge on any atom is 0.0608 e. The Morgan fingerprint density at radius 2 is 2.07 bits per heavy atom. The molecule has 0 saturated heterocycles. The Kier molecular flexibility index (Phi) is 5.62. The van der Waals surface area contributed by atoms with Crippen LogP contribution in [0.1, 0.15) is 46.5 Å². The largest absolute Gasteiger partial charge is 0.396 e. The van der Waals surface area contributed by atoms with Crippen molar-refractivity contribution in [2.75, 3.05) is 13.2 Å². The second-order valence-corrected chi connectivity index (χ2v) is 5.31. The highest BCUT2D eigenvalue weighted by Gasteiger charge is 2.30. The van der Waals surface area contributed by atoms with Gasteiger partial charge in [-0.2, -0.15) is 0 Å². The van der Waals surface area contributed by atoms with E-state index in [4.69, 9.17) is 9.84 Å². The quantitative estimate of drug-likeness (QED) is 0.713. The summed E-state index contributed by atoms with van der Waals surface area (Å²) in [7, 11) is 0. The number of ether oxygens (including phenoxy) is 1. The third-order valence-electron chi connectivity index (χ3n) is 3.60. The first-order valence-electron chi connectivity index (χ1n) is 6.37. The van der Waals surface area contributed by atoms with Crippen LogP contribution in [0.15, 0.2) is 0 Å². The van der Waals surface area contributed by atoms with Gasteiger partial charge in [-0.25, -0.2) is 0 Å². The summed E-state index contributed by atoms with van der Waals surface area (Å²) < 4.78 is 5.91. The summed E-state index contributed by atoms with van der Waals surface area (Å²) in [4.78, 5) is 0. The molecule has 3 atom stereocenters. The van der Waals surface area contributed by atoms with Crippen molar-refractivity contribution in [2.45, 2.75) is 52.6 Å². The molecule has 0 amide bonds. The van der Waals surface area contributed by atoms with Gasteiger partial charge in [0.05, 0.1) is 6.10 Å². The van der Waals surface area contributed by atoms with E-state index in [0.29, 0.717) is 6.10 Å². The molecule has 0 aromatic rings. The zero-order valence-electron chi connectivity index (χ0n) is 10.4. The normalized spacial score (nSPS) is 32.2. The van der Waals surface area contributed by atoms with Crippen LogP contribution in [0.25, 0.3) is 0 Å². The maximum absolute atomic E-state index is 8.74. The lowest BCUT2D eigenvalue weighted by molar-refractivity contribution is -0.0417. The van der Waals surface area contributed by atoms with Gasteiger partial charge in [-0.05, 0) is 37.0 Å². The molecule has 1 aliphatic rings. The number of rotatable bonds is 5. The number of aliphatic hydroxyl groups is 1. The van der Waals surface area contributed by atoms with Crippen molar-refractivity contribution in [3.63, 3.8) is 0 Å². The van der Waals surface area contributed by atoms with Gasteiger partial charge in [-0.3, -0.25) is 0 Å². The van der Waals surface area contributed by atoms with E-state index in [0.717, 1.165) is 30.8 Å². The molecule has 1 fully saturated rings. The molecular formula is C13H26O2. The van der Waals surface area contributed by atoms with Crippen LogP contribution in [-0.4, -0.2) is 24.4 Å². The number of hydrogen-bond acceptors (Lipinski definition) is 2. The van der Waals surface area contributed by atoms with E-state index in [1.54, 1.807) is 0 Å². The van der Waals surface area contributed by atoms with Crippen molar-refractivity contribution in [2.24, 2.45) is 17.8 Å². The van der Waals surface area contributed by atoms with Crippen LogP contribution in [0, 0.1) is 17.8 Å². The van der Waals surface area contributed by atoms with Crippen LogP contribution in [0.2, 0.25) is 0 Å². The fraction of sp³-hybridized carbons (Fsp3) is 1.00. The molecule has 0 aliphatic heterocycles. The molecule has 0 bridgehead atoms. The zero-order chi connectivity index (χ0) is 11.3. The maximum atomic E-state index is 8.74. The highest BCUT2D eigenvalue weighted by molar-refractivity contribution is 4.81. The summed E-state index contributed by atoms with van der Waals surface area (Å²) in [6.45, 7) is 7.87. The average molecular weight is 214 g/mol. The van der Waals surface area contributed by atoms with Crippen LogP contribution in [0.3, 0.4) is 0 Å². The lowest BCUT2D eigenvalue weighted by Crippen LogP contribution is -2.34. The molecule has 1 rings (SSSR count). The molecule has 0 heterocycles. The average Bonchev–Trinajstić information content (AvgIpc) is 2.18. The van der Waals surface area contributed by atoms with E-state index in [1.165, 1.54) is 19.3 Å². The van der Waals surface area contributed by atoms with E-state index in [-0.39, 0.29) is 6.61 Å². The summed E-state index contributed by atoms with van der Waals surface area (Å²) in [6, 6.07) is 0. The van der Waals surface area contributed by atoms with Gasteiger partial charge >= 0.3 is 0 Å². The Morgan fingerprint density at radius 1 is 1.33 bits per heavy atom. The molecule has 2 nitrogen and oxygen atoms in total. The third-order valence-corrected chi connectivity index (χ3v) is 3.60. The molecule has 1 aliphatic carbocycles. The van der Waals surface area contributed by atoms with Gasteiger partial charge < -0.3 is 9.84 Å². The first-order chi connectivity index (χ1) is 7.15. The molecule has 15 heavy (non-hydrogen) atoms. The zero-order valence-corrected chi connectivity index (χ0v) is 10.4. The van der Waals surface area contributed by atoms with E-state index in [1.807, 2.05) is 0 Å². The van der Waals surface area contributed by atoms with Crippen molar-refractivity contribution >= 4 is 0 Å². The minimum atomic E-state index is 0.245. The van der Waals surface area contributed by atoms with Crippen LogP contribution < -0.4 is 0 Å². The van der Waals surface area contributed by atoms with E-state index < -0.39 is 0 Å². The van der Waals surface area contributed by atoms with Gasteiger partial charge in [0, 0.05) is 13.2 Å². The number of hydrogen-bond donors (Lipinski definition) is 1. The summed E-state index contributed by atoms with van der Waals surface area (Å²) in [5, 5.41) is 8.74. The van der Waals surface area contributed by atoms with Crippen LogP contribution in [0.5, 0.6) is 0 Å². The Balaban J connectivity index is 2.39. The summed E-state index contributed by atoms with van der Waals surface area (Å²) in [5.41, 5.74) is 0. The highest BCUT2D eigenvalue weighted by Crippen LogP contribution is 2.35. The predicted molar refractivity (Wildman–Crippen MR) is 62.8 cm³/mol. The molecule has 1 saturated carbocycles. The second-order valence-electron chi connectivity index (χ2n) is 5.31. The topological polar surface area (TPSA) is 29.5 Å². The Bertz CT molecular complexity index is 168. The Labute approximate surface area is 94.0 Å². The highest BCUT2D eigenvalue weighted by atomic mass is 16.5. The standard InChI is InChI=1S/C13H26O2/c1-10(2)12-6-5-11(3)9-13(12)15-8-4-7-14/h10-14H,4-9H2,1-3H3/t11-,12+,13-/m1/s1. The van der Waals surface area contributed by atoms with E-state index in [2.05, 4.69) is 20.8 Å². The van der Waals surface area contributed by atoms with Gasteiger partial charge in [-0.1, -0.05) is 27.2 Å². The molecule has 2 heteroatoms. The SMILES string of the molecule is CC(C)[C@@H]1CC[C@@H](C)C[C@H]1OCCCO. The van der Waals surface area contributed by atoms with E-state index >= 15 is 0 Å². The molecule has 0 aromatic carbocycles. The molecule has 1 N–H and O–H groups in total. The predicted octanol–water partition coefficient (Wildman–Crippen LogP) is 2.85. The van der Waals surface area contributed by atoms with Gasteiger partial charge in [0.2, 0.25) is 0 Å². The molecule has 90 valence electrons. The molecular weight excluding hydrogens is 188 g/mol. The Morgan fingerprint density at radius 3 is 2.67 bits per heavy atom. The van der Waals surface area contributed by atoms with Crippen molar-refractivity contribution in [1.29, 1.82) is 0 Å². The van der Waals surface area contributed by atoms with Crippen molar-refractivity contribution in [3.05, 3.63) is 0 Å². The molecule has 0 unspecified atom stereocenters. The van der Waals surface area contributed by atoms with Gasteiger partial charge in [-0.15, -0.1) is 0 Å². The smallest absolute Gasteiger partial charge is 0.0608 e. The number of aliphatic hydroxyl groups excluding tert-OH is 1. The second kappa shape index (κ2) is 6.49. The summed E-state index contributed by atoms with van der Waals surface area (Å²) >= 11 is 0. The molecule has 0 spiro atoms. The lowest BCUT2D eigenvalue weighted by atomic mass is 9.75. The van der Waals surface area contributed by atoms with Gasteiger partial charge in [0.1, 0.15) is 0 Å². The first kappa shape index (κ1) is 13.0. The van der Waals surface area contributed by atoms with E-state index in [9.17, 15) is 0 Å². The molecule has 0 aromatic heterocycles. The van der Waals surface area contributed by atoms with Crippen molar-refractivity contribution in [3.8, 4) is 0 Å². The first-order valence-corrected chi connectivity index (χ1v) is 6.37. The van der Waals surface area contributed by atoms with Crippen molar-refractivity contribution in [1.82, 2.24) is 0 Å². The third kappa shape index (κ3) is 4.12. The van der Waals surface area contributed by atoms with Crippen LogP contribution >= 0.6 is 0 Å². The molecule has 0 radical (unpaired) electrons. The Hall–Kier alpha value is -0.0800. The summed E-state index contributed by atoms with van der Waals surface area (Å²) in [6.07, 6.45) is 5.07. The van der Waals surface area contributed by atoms with Crippen LogP contribution in [-0.2, 0) is 4.74 Å². The summed E-state index contributed by atoms with van der Waals surface area (Å²) in [5.74, 6) is 2.25. The minimum Gasteiger partial charge on any atom is -0.396 e. The monoisotopic (exact) mass is 214 g/mol. The minimum absolute atomic E-state index is 0.245. The lowest BCUT2D eigenvalue weighted by Gasteiger charge is -2.37.